The maximum atomic E-state index is 10.8. The molecule has 1 atom stereocenters. The molecule has 0 fully saturated rings. The average molecular weight is 447 g/mol. The van der Waals surface area contributed by atoms with Gasteiger partial charge in [0.2, 0.25) is 0 Å². The fourth-order valence-corrected chi connectivity index (χ4v) is 4.11. The van der Waals surface area contributed by atoms with Crippen LogP contribution >= 0.6 is 0 Å². The van der Waals surface area contributed by atoms with Crippen molar-refractivity contribution in [2.24, 2.45) is 12.0 Å². The molecule has 1 aromatic heterocycles. The van der Waals surface area contributed by atoms with E-state index in [1.54, 1.807) is 17.8 Å². The number of hydrogen-bond acceptors (Lipinski definition) is 4. The van der Waals surface area contributed by atoms with Gasteiger partial charge in [0.1, 0.15) is 5.60 Å². The highest BCUT2D eigenvalue weighted by atomic mass is 16.3. The summed E-state index contributed by atoms with van der Waals surface area (Å²) >= 11 is 0. The first kappa shape index (κ1) is 22.9. The van der Waals surface area contributed by atoms with Gasteiger partial charge < -0.3 is 20.6 Å². The number of para-hydroxylation sites is 1. The molecule has 3 aromatic rings. The Balaban J connectivity index is 1.34. The molecule has 2 heterocycles. The molecule has 1 aliphatic heterocycles. The van der Waals surface area contributed by atoms with Gasteiger partial charge in [-0.05, 0) is 43.0 Å². The number of nitrogens with one attached hydrogen (secondary N) is 2. The lowest BCUT2D eigenvalue weighted by molar-refractivity contribution is 0.0616. The third kappa shape index (κ3) is 5.73. The summed E-state index contributed by atoms with van der Waals surface area (Å²) in [6.07, 6.45) is 4.64. The van der Waals surface area contributed by atoms with Crippen molar-refractivity contribution in [2.45, 2.75) is 39.0 Å². The molecular weight excluding hydrogens is 412 g/mol. The minimum atomic E-state index is -1.04. The number of rotatable bonds is 8. The predicted octanol–water partition coefficient (Wildman–Crippen LogP) is 2.95. The maximum Gasteiger partial charge on any atom is 0.191 e. The third-order valence-electron chi connectivity index (χ3n) is 6.07. The Morgan fingerprint density at radius 1 is 1.12 bits per heavy atom. The SMILES string of the molecule is CCNC(=NCc1ccc(CN2CCc3ccccc32)cc1)NCC(C)(O)c1cnn(C)c1. The highest BCUT2D eigenvalue weighted by Gasteiger charge is 2.25. The number of hydrogen-bond donors (Lipinski definition) is 3. The van der Waals surface area contributed by atoms with Gasteiger partial charge in [-0.1, -0.05) is 42.5 Å². The molecule has 0 spiro atoms. The molecule has 2 aromatic carbocycles. The number of guanidine groups is 1. The average Bonchev–Trinajstić information content (AvgIpc) is 3.44. The van der Waals surface area contributed by atoms with Gasteiger partial charge in [0, 0.05) is 44.1 Å². The van der Waals surface area contributed by atoms with E-state index in [-0.39, 0.29) is 0 Å². The fraction of sp³-hybridized carbons (Fsp3) is 0.385. The van der Waals surface area contributed by atoms with Crippen molar-refractivity contribution >= 4 is 11.6 Å². The second kappa shape index (κ2) is 10.1. The second-order valence-electron chi connectivity index (χ2n) is 8.84. The van der Waals surface area contributed by atoms with Crippen molar-refractivity contribution in [2.75, 3.05) is 24.5 Å². The molecule has 0 bridgehead atoms. The Morgan fingerprint density at radius 3 is 2.61 bits per heavy atom. The first-order valence-corrected chi connectivity index (χ1v) is 11.6. The van der Waals surface area contributed by atoms with Crippen LogP contribution in [0.2, 0.25) is 0 Å². The summed E-state index contributed by atoms with van der Waals surface area (Å²) in [5.41, 5.74) is 4.97. The number of benzene rings is 2. The van der Waals surface area contributed by atoms with Crippen LogP contribution < -0.4 is 15.5 Å². The lowest BCUT2D eigenvalue weighted by Crippen LogP contribution is -2.44. The van der Waals surface area contributed by atoms with Crippen molar-refractivity contribution in [1.29, 1.82) is 0 Å². The summed E-state index contributed by atoms with van der Waals surface area (Å²) in [5, 5.41) is 21.5. The molecule has 0 aliphatic carbocycles. The lowest BCUT2D eigenvalue weighted by Gasteiger charge is -2.23. The van der Waals surface area contributed by atoms with Gasteiger partial charge in [0.05, 0.1) is 19.3 Å². The van der Waals surface area contributed by atoms with Gasteiger partial charge in [0.25, 0.3) is 0 Å². The van der Waals surface area contributed by atoms with Crippen LogP contribution in [0.5, 0.6) is 0 Å². The van der Waals surface area contributed by atoms with E-state index in [1.807, 2.05) is 20.2 Å². The standard InChI is InChI=1S/C26H34N6O/c1-4-27-25(29-19-26(2,33)23-16-30-31(3)18-23)28-15-20-9-11-21(12-10-20)17-32-14-13-22-7-5-6-8-24(22)32/h5-12,16,18,33H,4,13-15,17,19H2,1-3H3,(H2,27,28,29). The minimum absolute atomic E-state index is 0.334. The summed E-state index contributed by atoms with van der Waals surface area (Å²) in [4.78, 5) is 7.15. The number of nitrogens with zero attached hydrogens (tertiary/aromatic N) is 4. The quantitative estimate of drug-likeness (QED) is 0.366. The molecule has 3 N–H and O–H groups in total. The van der Waals surface area contributed by atoms with Gasteiger partial charge in [-0.15, -0.1) is 0 Å². The molecule has 0 saturated heterocycles. The van der Waals surface area contributed by atoms with Gasteiger partial charge in [-0.3, -0.25) is 4.68 Å². The molecular formula is C26H34N6O. The molecule has 7 heteroatoms. The van der Waals surface area contributed by atoms with E-state index < -0.39 is 5.60 Å². The molecule has 174 valence electrons. The zero-order valence-corrected chi connectivity index (χ0v) is 19.8. The number of aliphatic imine (C=N–C) groups is 1. The summed E-state index contributed by atoms with van der Waals surface area (Å²) < 4.78 is 1.69. The van der Waals surface area contributed by atoms with E-state index in [9.17, 15) is 5.11 Å². The first-order valence-electron chi connectivity index (χ1n) is 11.6. The van der Waals surface area contributed by atoms with Crippen LogP contribution in [0.4, 0.5) is 5.69 Å². The summed E-state index contributed by atoms with van der Waals surface area (Å²) in [6.45, 7) is 7.45. The predicted molar refractivity (Wildman–Crippen MR) is 133 cm³/mol. The molecule has 1 unspecified atom stereocenters. The third-order valence-corrected chi connectivity index (χ3v) is 6.07. The highest BCUT2D eigenvalue weighted by Crippen LogP contribution is 2.28. The minimum Gasteiger partial charge on any atom is -0.383 e. The van der Waals surface area contributed by atoms with Gasteiger partial charge >= 0.3 is 0 Å². The smallest absolute Gasteiger partial charge is 0.191 e. The van der Waals surface area contributed by atoms with Crippen LogP contribution in [-0.2, 0) is 32.2 Å². The largest absolute Gasteiger partial charge is 0.383 e. The topological polar surface area (TPSA) is 77.7 Å². The molecule has 1 aliphatic rings. The second-order valence-corrected chi connectivity index (χ2v) is 8.84. The first-order chi connectivity index (χ1) is 15.9. The van der Waals surface area contributed by atoms with E-state index in [2.05, 4.69) is 69.2 Å². The Bertz CT molecular complexity index is 1090. The van der Waals surface area contributed by atoms with Crippen LogP contribution in [-0.4, -0.2) is 40.5 Å². The molecule has 0 radical (unpaired) electrons. The molecule has 7 nitrogen and oxygen atoms in total. The van der Waals surface area contributed by atoms with Crippen LogP contribution in [0.15, 0.2) is 65.9 Å². The van der Waals surface area contributed by atoms with Crippen LogP contribution in [0.3, 0.4) is 0 Å². The zero-order valence-electron chi connectivity index (χ0n) is 19.8. The van der Waals surface area contributed by atoms with Crippen LogP contribution in [0.1, 0.15) is 36.1 Å². The summed E-state index contributed by atoms with van der Waals surface area (Å²) in [6, 6.07) is 17.4. The molecule has 0 saturated carbocycles. The molecule has 4 rings (SSSR count). The Labute approximate surface area is 196 Å². The summed E-state index contributed by atoms with van der Waals surface area (Å²) in [7, 11) is 1.84. The van der Waals surface area contributed by atoms with Crippen molar-refractivity contribution in [1.82, 2.24) is 20.4 Å². The lowest BCUT2D eigenvalue weighted by atomic mass is 10.00. The molecule has 33 heavy (non-hydrogen) atoms. The van der Waals surface area contributed by atoms with Crippen molar-refractivity contribution in [3.05, 3.63) is 83.2 Å². The van der Waals surface area contributed by atoms with Crippen LogP contribution in [0, 0.1) is 0 Å². The van der Waals surface area contributed by atoms with E-state index in [1.165, 1.54) is 16.8 Å². The molecule has 0 amide bonds. The normalized spacial score (nSPS) is 15.3. The number of aromatic nitrogens is 2. The van der Waals surface area contributed by atoms with Crippen molar-refractivity contribution < 1.29 is 5.11 Å². The van der Waals surface area contributed by atoms with E-state index in [0.717, 1.165) is 37.2 Å². The van der Waals surface area contributed by atoms with Gasteiger partial charge in [-0.2, -0.15) is 5.10 Å². The maximum absolute atomic E-state index is 10.8. The fourth-order valence-electron chi connectivity index (χ4n) is 4.11. The highest BCUT2D eigenvalue weighted by molar-refractivity contribution is 5.79. The Morgan fingerprint density at radius 2 is 1.88 bits per heavy atom. The number of aryl methyl sites for hydroxylation is 1. The van der Waals surface area contributed by atoms with E-state index in [4.69, 9.17) is 4.99 Å². The van der Waals surface area contributed by atoms with Crippen molar-refractivity contribution in [3.63, 3.8) is 0 Å². The monoisotopic (exact) mass is 446 g/mol. The Kier molecular flexibility index (Phi) is 6.99. The summed E-state index contributed by atoms with van der Waals surface area (Å²) in [5.74, 6) is 0.680. The van der Waals surface area contributed by atoms with Crippen LogP contribution in [0.25, 0.3) is 0 Å². The number of anilines is 1. The number of aliphatic hydroxyl groups is 1. The number of fused-ring (bicyclic) bond motifs is 1. The van der Waals surface area contributed by atoms with Crippen molar-refractivity contribution in [3.8, 4) is 0 Å². The van der Waals surface area contributed by atoms with E-state index in [0.29, 0.717) is 19.0 Å². The van der Waals surface area contributed by atoms with Gasteiger partial charge in [-0.25, -0.2) is 4.99 Å². The Hall–Kier alpha value is -3.32. The van der Waals surface area contributed by atoms with Gasteiger partial charge in [0.15, 0.2) is 5.96 Å². The van der Waals surface area contributed by atoms with E-state index >= 15 is 0 Å². The zero-order chi connectivity index (χ0) is 23.3.